The maximum Gasteiger partial charge on any atom is 0.253 e. The molecule has 0 unspecified atom stereocenters. The number of amides is 1. The summed E-state index contributed by atoms with van der Waals surface area (Å²) in [6.07, 6.45) is 0.908. The number of ether oxygens (including phenoxy) is 1. The molecular formula is C25H21Cl2N3O4S. The molecule has 180 valence electrons. The van der Waals surface area contributed by atoms with E-state index < -0.39 is 10.0 Å². The lowest BCUT2D eigenvalue weighted by Crippen LogP contribution is -2.46. The predicted octanol–water partition coefficient (Wildman–Crippen LogP) is 5.24. The molecule has 3 aromatic rings. The fourth-order valence-electron chi connectivity index (χ4n) is 3.83. The van der Waals surface area contributed by atoms with Crippen LogP contribution >= 0.6 is 23.2 Å². The minimum absolute atomic E-state index is 0.0338. The second-order valence-electron chi connectivity index (χ2n) is 8.03. The van der Waals surface area contributed by atoms with Crippen LogP contribution in [0.1, 0.15) is 28.8 Å². The summed E-state index contributed by atoms with van der Waals surface area (Å²) in [5, 5.41) is 9.97. The Morgan fingerprint density at radius 2 is 1.66 bits per heavy atom. The average Bonchev–Trinajstić information content (AvgIpc) is 2.84. The Balaban J connectivity index is 1.50. The van der Waals surface area contributed by atoms with Crippen molar-refractivity contribution in [2.75, 3.05) is 13.1 Å². The van der Waals surface area contributed by atoms with E-state index in [0.717, 1.165) is 0 Å². The first kappa shape index (κ1) is 25.0. The van der Waals surface area contributed by atoms with Crippen molar-refractivity contribution in [2.45, 2.75) is 23.8 Å². The maximum absolute atomic E-state index is 13.3. The highest BCUT2D eigenvalue weighted by atomic mass is 35.5. The van der Waals surface area contributed by atoms with E-state index in [1.54, 1.807) is 29.2 Å². The SMILES string of the molecule is N#Cc1ccc(Oc2cc(Cl)cc(Cl)c2)c(S(=O)(=O)NC2CCN(C(=O)c3ccccc3)CC2)c1. The third-order valence-electron chi connectivity index (χ3n) is 5.55. The van der Waals surface area contributed by atoms with Gasteiger partial charge in [-0.1, -0.05) is 41.4 Å². The molecule has 0 saturated carbocycles. The average molecular weight is 530 g/mol. The van der Waals surface area contributed by atoms with Crippen molar-refractivity contribution >= 4 is 39.1 Å². The van der Waals surface area contributed by atoms with Crippen LogP contribution < -0.4 is 9.46 Å². The highest BCUT2D eigenvalue weighted by Gasteiger charge is 2.29. The number of likely N-dealkylation sites (tertiary alicyclic amines) is 1. The third kappa shape index (κ3) is 6.13. The number of carbonyl (C=O) groups excluding carboxylic acids is 1. The third-order valence-corrected chi connectivity index (χ3v) is 7.53. The molecule has 0 aliphatic carbocycles. The fraction of sp³-hybridized carbons (Fsp3) is 0.200. The molecule has 1 amide bonds. The van der Waals surface area contributed by atoms with E-state index >= 15 is 0 Å². The lowest BCUT2D eigenvalue weighted by molar-refractivity contribution is 0.0711. The van der Waals surface area contributed by atoms with Crippen LogP contribution in [0, 0.1) is 11.3 Å². The number of rotatable bonds is 6. The molecule has 1 saturated heterocycles. The van der Waals surface area contributed by atoms with Gasteiger partial charge >= 0.3 is 0 Å². The van der Waals surface area contributed by atoms with E-state index in [1.165, 1.54) is 36.4 Å². The van der Waals surface area contributed by atoms with Gasteiger partial charge < -0.3 is 9.64 Å². The number of nitrogens with one attached hydrogen (secondary N) is 1. The van der Waals surface area contributed by atoms with Crippen LogP contribution in [-0.2, 0) is 10.0 Å². The molecule has 0 bridgehead atoms. The zero-order chi connectivity index (χ0) is 25.0. The summed E-state index contributed by atoms with van der Waals surface area (Å²) < 4.78 is 35.1. The molecule has 0 atom stereocenters. The molecule has 0 radical (unpaired) electrons. The van der Waals surface area contributed by atoms with Crippen molar-refractivity contribution in [1.82, 2.24) is 9.62 Å². The summed E-state index contributed by atoms with van der Waals surface area (Å²) in [4.78, 5) is 14.2. The van der Waals surface area contributed by atoms with E-state index in [-0.39, 0.29) is 33.9 Å². The molecule has 10 heteroatoms. The Morgan fingerprint density at radius 1 is 1.00 bits per heavy atom. The highest BCUT2D eigenvalue weighted by molar-refractivity contribution is 7.89. The van der Waals surface area contributed by atoms with Crippen LogP contribution in [0.15, 0.2) is 71.6 Å². The summed E-state index contributed by atoms with van der Waals surface area (Å²) in [6, 6.07) is 19.2. The number of hydrogen-bond donors (Lipinski definition) is 1. The number of hydrogen-bond acceptors (Lipinski definition) is 5. The molecule has 35 heavy (non-hydrogen) atoms. The minimum Gasteiger partial charge on any atom is -0.456 e. The monoisotopic (exact) mass is 529 g/mol. The second-order valence-corrected chi connectivity index (χ2v) is 10.6. The Hall–Kier alpha value is -3.09. The Labute approximate surface area is 213 Å². The Bertz CT molecular complexity index is 1360. The fourth-order valence-corrected chi connectivity index (χ4v) is 5.80. The summed E-state index contributed by atoms with van der Waals surface area (Å²) >= 11 is 12.1. The van der Waals surface area contributed by atoms with E-state index in [0.29, 0.717) is 41.5 Å². The van der Waals surface area contributed by atoms with Crippen molar-refractivity contribution in [3.8, 4) is 17.6 Å². The summed E-state index contributed by atoms with van der Waals surface area (Å²) in [5.41, 5.74) is 0.771. The largest absolute Gasteiger partial charge is 0.456 e. The van der Waals surface area contributed by atoms with Gasteiger partial charge in [-0.15, -0.1) is 0 Å². The number of carbonyl (C=O) groups is 1. The zero-order valence-corrected chi connectivity index (χ0v) is 20.8. The van der Waals surface area contributed by atoms with Crippen molar-refractivity contribution in [3.63, 3.8) is 0 Å². The van der Waals surface area contributed by atoms with Gasteiger partial charge in [0, 0.05) is 34.7 Å². The van der Waals surface area contributed by atoms with Crippen LogP contribution in [0.5, 0.6) is 11.5 Å². The molecule has 7 nitrogen and oxygen atoms in total. The van der Waals surface area contributed by atoms with Gasteiger partial charge in [0.05, 0.1) is 11.6 Å². The van der Waals surface area contributed by atoms with Crippen LogP contribution in [0.25, 0.3) is 0 Å². The minimum atomic E-state index is -4.05. The first-order valence-electron chi connectivity index (χ1n) is 10.8. The van der Waals surface area contributed by atoms with Crippen LogP contribution in [0.3, 0.4) is 0 Å². The number of piperidine rings is 1. The van der Waals surface area contributed by atoms with Crippen molar-refractivity contribution < 1.29 is 17.9 Å². The van der Waals surface area contributed by atoms with Gasteiger partial charge in [-0.05, 0) is 61.4 Å². The van der Waals surface area contributed by atoms with Crippen LogP contribution in [0.2, 0.25) is 10.0 Å². The smallest absolute Gasteiger partial charge is 0.253 e. The zero-order valence-electron chi connectivity index (χ0n) is 18.4. The standard InChI is InChI=1S/C25H21Cl2N3O4S/c26-19-13-20(27)15-22(14-19)34-23-7-6-17(16-28)12-24(23)35(32,33)29-21-8-10-30(11-9-21)25(31)18-4-2-1-3-5-18/h1-7,12-15,21,29H,8-11H2. The normalized spacial score (nSPS) is 14.4. The van der Waals surface area contributed by atoms with Gasteiger partial charge in [-0.2, -0.15) is 5.26 Å². The molecule has 4 rings (SSSR count). The quantitative estimate of drug-likeness (QED) is 0.470. The van der Waals surface area contributed by atoms with Gasteiger partial charge in [-0.3, -0.25) is 4.79 Å². The van der Waals surface area contributed by atoms with E-state index in [9.17, 15) is 18.5 Å². The summed E-state index contributed by atoms with van der Waals surface area (Å²) in [5.74, 6) is 0.215. The lowest BCUT2D eigenvalue weighted by Gasteiger charge is -2.32. The molecular weight excluding hydrogens is 509 g/mol. The number of nitrogens with zero attached hydrogens (tertiary/aromatic N) is 2. The molecule has 0 spiro atoms. The molecule has 1 aliphatic rings. The predicted molar refractivity (Wildman–Crippen MR) is 133 cm³/mol. The number of halogens is 2. The Kier molecular flexibility index (Phi) is 7.63. The highest BCUT2D eigenvalue weighted by Crippen LogP contribution is 2.33. The molecule has 0 aromatic heterocycles. The van der Waals surface area contributed by atoms with Gasteiger partial charge in [0.2, 0.25) is 10.0 Å². The number of nitriles is 1. The van der Waals surface area contributed by atoms with E-state index in [1.807, 2.05) is 12.1 Å². The van der Waals surface area contributed by atoms with Crippen molar-refractivity contribution in [2.24, 2.45) is 0 Å². The molecule has 1 aliphatic heterocycles. The molecule has 1 N–H and O–H groups in total. The van der Waals surface area contributed by atoms with Gasteiger partial charge in [0.15, 0.2) is 0 Å². The topological polar surface area (TPSA) is 99.5 Å². The van der Waals surface area contributed by atoms with Crippen molar-refractivity contribution in [3.05, 3.63) is 87.9 Å². The van der Waals surface area contributed by atoms with Gasteiger partial charge in [0.1, 0.15) is 16.4 Å². The lowest BCUT2D eigenvalue weighted by atomic mass is 10.0. The summed E-state index contributed by atoms with van der Waals surface area (Å²) in [7, 11) is -4.05. The van der Waals surface area contributed by atoms with E-state index in [2.05, 4.69) is 4.72 Å². The molecule has 3 aromatic carbocycles. The van der Waals surface area contributed by atoms with Gasteiger partial charge in [-0.25, -0.2) is 13.1 Å². The first-order valence-corrected chi connectivity index (χ1v) is 13.0. The first-order chi connectivity index (χ1) is 16.7. The van der Waals surface area contributed by atoms with Crippen LogP contribution in [0.4, 0.5) is 0 Å². The van der Waals surface area contributed by atoms with E-state index in [4.69, 9.17) is 27.9 Å². The van der Waals surface area contributed by atoms with Gasteiger partial charge in [0.25, 0.3) is 5.91 Å². The molecule has 1 fully saturated rings. The number of sulfonamides is 1. The Morgan fingerprint density at radius 3 is 2.29 bits per heavy atom. The maximum atomic E-state index is 13.3. The van der Waals surface area contributed by atoms with Crippen molar-refractivity contribution in [1.29, 1.82) is 5.26 Å². The number of benzene rings is 3. The summed E-state index contributed by atoms with van der Waals surface area (Å²) in [6.45, 7) is 0.840. The van der Waals surface area contributed by atoms with Crippen LogP contribution in [-0.4, -0.2) is 38.4 Å². The second kappa shape index (κ2) is 10.7. The molecule has 1 heterocycles.